The molecule has 0 saturated carbocycles. The summed E-state index contributed by atoms with van der Waals surface area (Å²) in [5.41, 5.74) is 3.78. The molecular weight excluding hydrogens is 366 g/mol. The molecule has 1 atom stereocenters. The molecule has 1 aliphatic rings. The van der Waals surface area contributed by atoms with E-state index in [2.05, 4.69) is 15.1 Å². The number of ether oxygens (including phenoxy) is 1. The van der Waals surface area contributed by atoms with Crippen LogP contribution in [0.4, 0.5) is 0 Å². The summed E-state index contributed by atoms with van der Waals surface area (Å²) in [5.74, 6) is 1.19. The molecule has 0 N–H and O–H groups in total. The molecule has 0 spiro atoms. The zero-order chi connectivity index (χ0) is 20.0. The van der Waals surface area contributed by atoms with Gasteiger partial charge < -0.3 is 4.74 Å². The molecule has 29 heavy (non-hydrogen) atoms. The van der Waals surface area contributed by atoms with E-state index < -0.39 is 0 Å². The summed E-state index contributed by atoms with van der Waals surface area (Å²) in [6, 6.07) is 13.6. The van der Waals surface area contributed by atoms with Gasteiger partial charge in [0.25, 0.3) is 0 Å². The van der Waals surface area contributed by atoms with Gasteiger partial charge in [0.1, 0.15) is 12.1 Å². The third kappa shape index (κ3) is 2.79. The summed E-state index contributed by atoms with van der Waals surface area (Å²) in [6.45, 7) is 3.36. The molecule has 7 nitrogen and oxygen atoms in total. The van der Waals surface area contributed by atoms with Gasteiger partial charge in [0.05, 0.1) is 5.56 Å². The zero-order valence-electron chi connectivity index (χ0n) is 15.9. The Morgan fingerprint density at radius 2 is 1.86 bits per heavy atom. The van der Waals surface area contributed by atoms with Crippen molar-refractivity contribution in [3.63, 3.8) is 0 Å². The molecule has 4 heterocycles. The molecule has 5 rings (SSSR count). The van der Waals surface area contributed by atoms with E-state index >= 15 is 0 Å². The predicted octanol–water partition coefficient (Wildman–Crippen LogP) is 3.57. The number of rotatable bonds is 3. The minimum absolute atomic E-state index is 0.0436. The molecule has 0 fully saturated rings. The van der Waals surface area contributed by atoms with Crippen LogP contribution in [-0.4, -0.2) is 30.3 Å². The monoisotopic (exact) mass is 383 g/mol. The Labute approximate surface area is 166 Å². The van der Waals surface area contributed by atoms with Crippen LogP contribution in [0.5, 0.6) is 5.88 Å². The van der Waals surface area contributed by atoms with Crippen LogP contribution in [0.15, 0.2) is 72.5 Å². The van der Waals surface area contributed by atoms with Gasteiger partial charge >= 0.3 is 0 Å². The number of Topliss-reactive ketones (excluding diaryl/α,β-unsaturated/α-hetero) is 1. The van der Waals surface area contributed by atoms with E-state index in [1.54, 1.807) is 37.1 Å². The first-order valence-corrected chi connectivity index (χ1v) is 9.23. The number of nitrogens with zero attached hydrogens (tertiary/aromatic N) is 5. The molecule has 3 aromatic heterocycles. The van der Waals surface area contributed by atoms with E-state index in [9.17, 15) is 4.79 Å². The average Bonchev–Trinajstić information content (AvgIpc) is 3.18. The maximum atomic E-state index is 12.6. The third-order valence-electron chi connectivity index (χ3n) is 5.04. The SMILES string of the molecule is CC(=O)C1=C(C)Oc2ncn3nc(-c4ccncc4)nc3c2[C@H]1c1ccccc1. The number of ketones is 1. The fourth-order valence-corrected chi connectivity index (χ4v) is 3.79. The van der Waals surface area contributed by atoms with Crippen molar-refractivity contribution < 1.29 is 9.53 Å². The minimum Gasteiger partial charge on any atom is -0.443 e. The zero-order valence-corrected chi connectivity index (χ0v) is 15.9. The molecule has 0 amide bonds. The van der Waals surface area contributed by atoms with Gasteiger partial charge in [0.2, 0.25) is 5.88 Å². The lowest BCUT2D eigenvalue weighted by Crippen LogP contribution is -2.22. The van der Waals surface area contributed by atoms with Crippen LogP contribution >= 0.6 is 0 Å². The molecule has 4 aromatic rings. The summed E-state index contributed by atoms with van der Waals surface area (Å²) in [4.78, 5) is 25.8. The molecule has 142 valence electrons. The minimum atomic E-state index is -0.330. The van der Waals surface area contributed by atoms with Crippen molar-refractivity contribution in [1.82, 2.24) is 24.6 Å². The maximum Gasteiger partial charge on any atom is 0.228 e. The number of benzene rings is 1. The fraction of sp³-hybridized carbons (Fsp3) is 0.136. The number of aromatic nitrogens is 5. The largest absolute Gasteiger partial charge is 0.443 e. The number of pyridine rings is 1. The number of hydrogen-bond donors (Lipinski definition) is 0. The summed E-state index contributed by atoms with van der Waals surface area (Å²) >= 11 is 0. The van der Waals surface area contributed by atoms with Gasteiger partial charge in [-0.05, 0) is 31.5 Å². The molecule has 0 unspecified atom stereocenters. The van der Waals surface area contributed by atoms with Gasteiger partial charge in [0, 0.05) is 29.4 Å². The molecule has 0 aliphatic carbocycles. The van der Waals surface area contributed by atoms with E-state index in [0.717, 1.165) is 16.7 Å². The van der Waals surface area contributed by atoms with Crippen molar-refractivity contribution in [3.8, 4) is 17.3 Å². The maximum absolute atomic E-state index is 12.6. The lowest BCUT2D eigenvalue weighted by Gasteiger charge is -2.28. The highest BCUT2D eigenvalue weighted by Gasteiger charge is 2.35. The van der Waals surface area contributed by atoms with Crippen molar-refractivity contribution >= 4 is 11.4 Å². The molecule has 0 saturated heterocycles. The van der Waals surface area contributed by atoms with E-state index in [-0.39, 0.29) is 11.7 Å². The normalized spacial score (nSPS) is 15.9. The first-order chi connectivity index (χ1) is 14.1. The van der Waals surface area contributed by atoms with Crippen molar-refractivity contribution in [3.05, 3.63) is 83.6 Å². The summed E-state index contributed by atoms with van der Waals surface area (Å²) in [5, 5.41) is 4.57. The highest BCUT2D eigenvalue weighted by molar-refractivity contribution is 5.97. The van der Waals surface area contributed by atoms with Crippen LogP contribution in [0, 0.1) is 0 Å². The second-order valence-electron chi connectivity index (χ2n) is 6.87. The van der Waals surface area contributed by atoms with Gasteiger partial charge in [-0.3, -0.25) is 9.78 Å². The predicted molar refractivity (Wildman–Crippen MR) is 106 cm³/mol. The average molecular weight is 383 g/mol. The Bertz CT molecular complexity index is 1260. The van der Waals surface area contributed by atoms with Gasteiger partial charge in [-0.2, -0.15) is 0 Å². The second kappa shape index (κ2) is 6.63. The van der Waals surface area contributed by atoms with Crippen molar-refractivity contribution in [2.24, 2.45) is 0 Å². The Morgan fingerprint density at radius 1 is 1.10 bits per heavy atom. The number of hydrogen-bond acceptors (Lipinski definition) is 6. The van der Waals surface area contributed by atoms with Crippen molar-refractivity contribution in [2.75, 3.05) is 0 Å². The summed E-state index contributed by atoms with van der Waals surface area (Å²) in [7, 11) is 0. The number of carbonyl (C=O) groups is 1. The number of carbonyl (C=O) groups excluding carboxylic acids is 1. The lowest BCUT2D eigenvalue weighted by atomic mass is 9.82. The standard InChI is InChI=1S/C22H17N5O2/c1-13(28)17-14(2)29-22-19(18(17)15-6-4-3-5-7-15)21-25-20(26-27(21)12-24-22)16-8-10-23-11-9-16/h3-12,18H,1-2H3/t18-/m0/s1. The Morgan fingerprint density at radius 3 is 2.59 bits per heavy atom. The molecule has 1 aromatic carbocycles. The molecule has 7 heteroatoms. The first kappa shape index (κ1) is 17.2. The Hall–Kier alpha value is -3.87. The Balaban J connectivity index is 1.79. The van der Waals surface area contributed by atoms with Gasteiger partial charge in [-0.1, -0.05) is 30.3 Å². The van der Waals surface area contributed by atoms with Crippen molar-refractivity contribution in [1.29, 1.82) is 0 Å². The van der Waals surface area contributed by atoms with Gasteiger partial charge in [-0.25, -0.2) is 14.5 Å². The lowest BCUT2D eigenvalue weighted by molar-refractivity contribution is -0.114. The highest BCUT2D eigenvalue weighted by atomic mass is 16.5. The van der Waals surface area contributed by atoms with E-state index in [1.165, 1.54) is 0 Å². The highest BCUT2D eigenvalue weighted by Crippen LogP contribution is 2.44. The van der Waals surface area contributed by atoms with Crippen LogP contribution in [-0.2, 0) is 4.79 Å². The van der Waals surface area contributed by atoms with E-state index in [4.69, 9.17) is 9.72 Å². The van der Waals surface area contributed by atoms with E-state index in [0.29, 0.717) is 28.7 Å². The number of fused-ring (bicyclic) bond motifs is 3. The van der Waals surface area contributed by atoms with Crippen LogP contribution in [0.1, 0.15) is 30.9 Å². The molecule has 0 bridgehead atoms. The smallest absolute Gasteiger partial charge is 0.228 e. The second-order valence-corrected chi connectivity index (χ2v) is 6.87. The molecule has 1 aliphatic heterocycles. The molecular formula is C22H17N5O2. The molecule has 0 radical (unpaired) electrons. The van der Waals surface area contributed by atoms with E-state index in [1.807, 2.05) is 42.5 Å². The van der Waals surface area contributed by atoms with Crippen LogP contribution in [0.3, 0.4) is 0 Å². The van der Waals surface area contributed by atoms with Crippen LogP contribution in [0.2, 0.25) is 0 Å². The number of allylic oxidation sites excluding steroid dienone is 2. The fourth-order valence-electron chi connectivity index (χ4n) is 3.79. The topological polar surface area (TPSA) is 82.3 Å². The van der Waals surface area contributed by atoms with Gasteiger partial charge in [0.15, 0.2) is 17.3 Å². The quantitative estimate of drug-likeness (QED) is 0.538. The Kier molecular flexibility index (Phi) is 3.94. The van der Waals surface area contributed by atoms with Crippen molar-refractivity contribution in [2.45, 2.75) is 19.8 Å². The summed E-state index contributed by atoms with van der Waals surface area (Å²) < 4.78 is 7.57. The van der Waals surface area contributed by atoms with Crippen LogP contribution < -0.4 is 4.74 Å². The van der Waals surface area contributed by atoms with Gasteiger partial charge in [-0.15, -0.1) is 5.10 Å². The third-order valence-corrected chi connectivity index (χ3v) is 5.04. The van der Waals surface area contributed by atoms with Crippen LogP contribution in [0.25, 0.3) is 17.0 Å². The summed E-state index contributed by atoms with van der Waals surface area (Å²) in [6.07, 6.45) is 4.98. The first-order valence-electron chi connectivity index (χ1n) is 9.23.